The number of fused-ring (bicyclic) bond motifs is 5. The lowest BCUT2D eigenvalue weighted by Gasteiger charge is -2.53. The summed E-state index contributed by atoms with van der Waals surface area (Å²) in [7, 11) is 0. The van der Waals surface area contributed by atoms with Gasteiger partial charge in [-0.2, -0.15) is 0 Å². The third-order valence-electron chi connectivity index (χ3n) is 9.02. The zero-order valence-electron chi connectivity index (χ0n) is 20.7. The number of aromatic nitrogens is 2. The first-order valence-corrected chi connectivity index (χ1v) is 13.3. The van der Waals surface area contributed by atoms with E-state index in [-0.39, 0.29) is 11.6 Å². The van der Waals surface area contributed by atoms with Crippen LogP contribution in [0, 0.1) is 5.92 Å². The maximum absolute atomic E-state index is 5.38. The molecule has 2 unspecified atom stereocenters. The largest absolute Gasteiger partial charge is 0.302 e. The average molecular weight is 453 g/mol. The molecule has 3 aliphatic rings. The van der Waals surface area contributed by atoms with E-state index in [0.717, 1.165) is 30.9 Å². The minimum absolute atomic E-state index is 0.135. The van der Waals surface area contributed by atoms with Gasteiger partial charge in [0.15, 0.2) is 11.6 Å². The van der Waals surface area contributed by atoms with Gasteiger partial charge in [-0.25, -0.2) is 9.97 Å². The third kappa shape index (κ3) is 2.97. The maximum Gasteiger partial charge on any atom is 0.178 e. The van der Waals surface area contributed by atoms with Crippen molar-refractivity contribution in [2.24, 2.45) is 5.92 Å². The van der Waals surface area contributed by atoms with Crippen molar-refractivity contribution in [1.82, 2.24) is 9.97 Å². The predicted octanol–water partition coefficient (Wildman–Crippen LogP) is 7.85. The molecule has 0 bridgehead atoms. The Kier molecular flexibility index (Phi) is 5.35. The summed E-state index contributed by atoms with van der Waals surface area (Å²) >= 11 is 0. The number of rotatable bonds is 5. The Bertz CT molecular complexity index is 1160. The smallest absolute Gasteiger partial charge is 0.178 e. The Hall–Kier alpha value is -2.88. The molecule has 4 nitrogen and oxygen atoms in total. The molecule has 0 saturated heterocycles. The number of nitrogens with zero attached hydrogens (tertiary/aromatic N) is 4. The first-order chi connectivity index (χ1) is 16.7. The second-order valence-corrected chi connectivity index (χ2v) is 10.3. The van der Waals surface area contributed by atoms with E-state index in [1.807, 2.05) is 0 Å². The molecule has 176 valence electrons. The van der Waals surface area contributed by atoms with Gasteiger partial charge in [0.05, 0.1) is 11.9 Å². The van der Waals surface area contributed by atoms with E-state index in [9.17, 15) is 0 Å². The Morgan fingerprint density at radius 2 is 1.56 bits per heavy atom. The Labute approximate surface area is 204 Å². The number of hydrogen-bond donors (Lipinski definition) is 0. The fourth-order valence-corrected chi connectivity index (χ4v) is 7.33. The van der Waals surface area contributed by atoms with Crippen LogP contribution in [0.25, 0.3) is 0 Å². The van der Waals surface area contributed by atoms with Crippen LogP contribution in [0.1, 0.15) is 82.9 Å². The molecular weight excluding hydrogens is 416 g/mol. The van der Waals surface area contributed by atoms with E-state index in [0.29, 0.717) is 11.8 Å². The summed E-state index contributed by atoms with van der Waals surface area (Å²) in [5, 5.41) is 0. The first kappa shape index (κ1) is 21.6. The summed E-state index contributed by atoms with van der Waals surface area (Å²) in [6.07, 6.45) is 10.7. The van der Waals surface area contributed by atoms with Crippen molar-refractivity contribution in [3.63, 3.8) is 0 Å². The molecular formula is C30H36N4. The molecule has 1 aromatic heterocycles. The summed E-state index contributed by atoms with van der Waals surface area (Å²) in [6, 6.07) is 19.9. The Morgan fingerprint density at radius 3 is 2.26 bits per heavy atom. The van der Waals surface area contributed by atoms with Gasteiger partial charge >= 0.3 is 0 Å². The molecule has 34 heavy (non-hydrogen) atoms. The Morgan fingerprint density at radius 1 is 0.853 bits per heavy atom. The molecule has 0 N–H and O–H groups in total. The third-order valence-corrected chi connectivity index (χ3v) is 9.02. The van der Waals surface area contributed by atoms with Crippen molar-refractivity contribution in [3.8, 4) is 0 Å². The predicted molar refractivity (Wildman–Crippen MR) is 140 cm³/mol. The summed E-state index contributed by atoms with van der Waals surface area (Å²) in [4.78, 5) is 15.6. The van der Waals surface area contributed by atoms with Crippen LogP contribution in [0.4, 0.5) is 23.0 Å². The van der Waals surface area contributed by atoms with Gasteiger partial charge in [-0.15, -0.1) is 0 Å². The van der Waals surface area contributed by atoms with Crippen LogP contribution in [0.15, 0.2) is 60.8 Å². The van der Waals surface area contributed by atoms with Gasteiger partial charge < -0.3 is 9.80 Å². The van der Waals surface area contributed by atoms with Gasteiger partial charge in [-0.05, 0) is 55.9 Å². The fraction of sp³-hybridized carbons (Fsp3) is 0.467. The van der Waals surface area contributed by atoms with Gasteiger partial charge in [0.2, 0.25) is 0 Å². The Balaban J connectivity index is 1.61. The van der Waals surface area contributed by atoms with Crippen LogP contribution >= 0.6 is 0 Å². The van der Waals surface area contributed by atoms with Crippen molar-refractivity contribution in [1.29, 1.82) is 0 Å². The second-order valence-electron chi connectivity index (χ2n) is 10.3. The lowest BCUT2D eigenvalue weighted by atomic mass is 9.61. The standard InChI is InChI=1S/C30H36N4/c1-4-23-29-33(22-16-8-7-9-17-22)27-28(32-25(20-31-27)21-14-10-11-15-21)34(29)26-19-13-12-18-24(26)30(23,5-2)6-3/h7-9,12-13,16-21,23,29H,4-6,10-11,14-15H2,1-3H3. The topological polar surface area (TPSA) is 32.3 Å². The molecule has 2 aliphatic heterocycles. The van der Waals surface area contributed by atoms with Gasteiger partial charge in [-0.1, -0.05) is 70.0 Å². The molecule has 6 rings (SSSR count). The molecule has 2 atom stereocenters. The molecule has 1 saturated carbocycles. The highest BCUT2D eigenvalue weighted by atomic mass is 15.5. The number of para-hydroxylation sites is 2. The van der Waals surface area contributed by atoms with Crippen molar-refractivity contribution >= 4 is 23.0 Å². The minimum Gasteiger partial charge on any atom is -0.302 e. The molecule has 3 heterocycles. The van der Waals surface area contributed by atoms with E-state index in [2.05, 4.69) is 91.4 Å². The minimum atomic E-state index is 0.135. The highest BCUT2D eigenvalue weighted by Crippen LogP contribution is 2.59. The van der Waals surface area contributed by atoms with Crippen molar-refractivity contribution < 1.29 is 0 Å². The number of benzene rings is 2. The SMILES string of the molecule is CCC1C2N(c3ccccc3)c3ncc(C4CCCC4)nc3N2c2ccccc2C1(CC)CC. The summed E-state index contributed by atoms with van der Waals surface area (Å²) in [5.41, 5.74) is 5.32. The lowest BCUT2D eigenvalue weighted by Crippen LogP contribution is -2.56. The van der Waals surface area contributed by atoms with Crippen molar-refractivity contribution in [2.45, 2.75) is 83.2 Å². The van der Waals surface area contributed by atoms with E-state index in [1.54, 1.807) is 0 Å². The fourth-order valence-electron chi connectivity index (χ4n) is 7.33. The van der Waals surface area contributed by atoms with Crippen LogP contribution in [0.2, 0.25) is 0 Å². The van der Waals surface area contributed by atoms with E-state index >= 15 is 0 Å². The van der Waals surface area contributed by atoms with E-state index in [1.165, 1.54) is 48.3 Å². The summed E-state index contributed by atoms with van der Waals surface area (Å²) in [6.45, 7) is 7.12. The molecule has 0 radical (unpaired) electrons. The van der Waals surface area contributed by atoms with Crippen LogP contribution < -0.4 is 9.80 Å². The van der Waals surface area contributed by atoms with Crippen LogP contribution in [-0.2, 0) is 5.41 Å². The molecule has 1 aliphatic carbocycles. The number of anilines is 4. The first-order valence-electron chi connectivity index (χ1n) is 13.3. The van der Waals surface area contributed by atoms with Gasteiger partial charge in [0.25, 0.3) is 0 Å². The maximum atomic E-state index is 5.38. The molecule has 0 amide bonds. The molecule has 0 spiro atoms. The van der Waals surface area contributed by atoms with Crippen molar-refractivity contribution in [2.75, 3.05) is 9.80 Å². The van der Waals surface area contributed by atoms with E-state index < -0.39 is 0 Å². The average Bonchev–Trinajstić information content (AvgIpc) is 3.55. The van der Waals surface area contributed by atoms with Gasteiger partial charge in [0.1, 0.15) is 6.17 Å². The molecule has 1 fully saturated rings. The second kappa shape index (κ2) is 8.41. The van der Waals surface area contributed by atoms with Gasteiger partial charge in [-0.3, -0.25) is 0 Å². The van der Waals surface area contributed by atoms with Crippen LogP contribution in [0.3, 0.4) is 0 Å². The van der Waals surface area contributed by atoms with Crippen LogP contribution in [-0.4, -0.2) is 16.1 Å². The summed E-state index contributed by atoms with van der Waals surface area (Å²) < 4.78 is 0. The van der Waals surface area contributed by atoms with Gasteiger partial charge in [0, 0.05) is 28.6 Å². The monoisotopic (exact) mass is 452 g/mol. The molecule has 4 heteroatoms. The molecule has 2 aromatic carbocycles. The van der Waals surface area contributed by atoms with E-state index in [4.69, 9.17) is 9.97 Å². The zero-order valence-corrected chi connectivity index (χ0v) is 20.7. The number of hydrogen-bond acceptors (Lipinski definition) is 4. The van der Waals surface area contributed by atoms with Crippen LogP contribution in [0.5, 0.6) is 0 Å². The summed E-state index contributed by atoms with van der Waals surface area (Å²) in [5.74, 6) is 3.07. The highest BCUT2D eigenvalue weighted by Gasteiger charge is 2.55. The quantitative estimate of drug-likeness (QED) is 0.394. The van der Waals surface area contributed by atoms with Crippen molar-refractivity contribution in [3.05, 3.63) is 72.1 Å². The molecule has 3 aromatic rings. The zero-order chi connectivity index (χ0) is 23.3. The lowest BCUT2D eigenvalue weighted by molar-refractivity contribution is 0.194. The highest BCUT2D eigenvalue weighted by molar-refractivity contribution is 5.86. The normalized spacial score (nSPS) is 23.0.